The van der Waals surface area contributed by atoms with Crippen molar-refractivity contribution in [2.45, 2.75) is 13.5 Å². The summed E-state index contributed by atoms with van der Waals surface area (Å²) >= 11 is 3.57. The minimum absolute atomic E-state index is 0.0730. The van der Waals surface area contributed by atoms with Crippen LogP contribution in [0.4, 0.5) is 0 Å². The molecule has 0 saturated heterocycles. The van der Waals surface area contributed by atoms with E-state index in [-0.39, 0.29) is 12.4 Å². The Morgan fingerprint density at radius 1 is 1.41 bits per heavy atom. The lowest BCUT2D eigenvalue weighted by molar-refractivity contribution is -0.123. The number of rotatable bonds is 4. The first-order chi connectivity index (χ1) is 8.15. The molecule has 2 aromatic rings. The van der Waals surface area contributed by atoms with Crippen LogP contribution in [0.15, 0.2) is 28.7 Å². The molecule has 4 heteroatoms. The van der Waals surface area contributed by atoms with Crippen LogP contribution in [0.25, 0.3) is 10.9 Å². The highest BCUT2D eigenvalue weighted by Gasteiger charge is 2.13. The van der Waals surface area contributed by atoms with Crippen LogP contribution in [0, 0.1) is 6.92 Å². The number of nitrogens with zero attached hydrogens (tertiary/aromatic N) is 1. The average molecular weight is 296 g/mol. The van der Waals surface area contributed by atoms with Crippen LogP contribution in [0.3, 0.4) is 0 Å². The second-order valence-corrected chi connectivity index (χ2v) is 4.77. The molecule has 90 valence electrons. The van der Waals surface area contributed by atoms with Crippen molar-refractivity contribution in [1.82, 2.24) is 4.57 Å². The van der Waals surface area contributed by atoms with Crippen molar-refractivity contribution in [3.05, 3.63) is 34.4 Å². The lowest BCUT2D eigenvalue weighted by Crippen LogP contribution is -2.15. The molecule has 0 atom stereocenters. The molecular weight excluding hydrogens is 282 g/mol. The van der Waals surface area contributed by atoms with E-state index in [0.717, 1.165) is 21.1 Å². The second-order valence-electron chi connectivity index (χ2n) is 3.97. The summed E-state index contributed by atoms with van der Waals surface area (Å²) in [5.41, 5.74) is 2.14. The van der Waals surface area contributed by atoms with Gasteiger partial charge in [0, 0.05) is 28.2 Å². The third-order valence-electron chi connectivity index (χ3n) is 2.79. The molecule has 0 aliphatic carbocycles. The van der Waals surface area contributed by atoms with Gasteiger partial charge in [-0.1, -0.05) is 18.2 Å². The lowest BCUT2D eigenvalue weighted by Gasteiger charge is -2.06. The van der Waals surface area contributed by atoms with Crippen molar-refractivity contribution in [2.75, 3.05) is 13.7 Å². The molecule has 0 spiro atoms. The summed E-state index contributed by atoms with van der Waals surface area (Å²) < 4.78 is 7.93. The third-order valence-corrected chi connectivity index (χ3v) is 3.79. The predicted molar refractivity (Wildman–Crippen MR) is 71.3 cm³/mol. The van der Waals surface area contributed by atoms with Gasteiger partial charge in [0.25, 0.3) is 0 Å². The molecule has 0 aliphatic rings. The Labute approximate surface area is 108 Å². The van der Waals surface area contributed by atoms with Crippen LogP contribution < -0.4 is 0 Å². The van der Waals surface area contributed by atoms with Gasteiger partial charge in [-0.3, -0.25) is 4.79 Å². The number of hydrogen-bond acceptors (Lipinski definition) is 2. The molecule has 0 fully saturated rings. The molecule has 0 amide bonds. The van der Waals surface area contributed by atoms with Crippen LogP contribution in [0.2, 0.25) is 0 Å². The second kappa shape index (κ2) is 5.02. The number of methoxy groups -OCH3 is 1. The average Bonchev–Trinajstić information content (AvgIpc) is 2.56. The van der Waals surface area contributed by atoms with Gasteiger partial charge in [0.1, 0.15) is 6.61 Å². The summed E-state index contributed by atoms with van der Waals surface area (Å²) in [5, 5.41) is 1.13. The van der Waals surface area contributed by atoms with Crippen LogP contribution in [0.5, 0.6) is 0 Å². The highest BCUT2D eigenvalue weighted by atomic mass is 79.9. The van der Waals surface area contributed by atoms with Gasteiger partial charge in [0.2, 0.25) is 0 Å². The number of para-hydroxylation sites is 1. The van der Waals surface area contributed by atoms with Gasteiger partial charge in [0.05, 0.1) is 6.54 Å². The number of aromatic nitrogens is 1. The quantitative estimate of drug-likeness (QED) is 0.868. The largest absolute Gasteiger partial charge is 0.377 e. The highest BCUT2D eigenvalue weighted by Crippen LogP contribution is 2.30. The molecular formula is C13H14BrNO2. The summed E-state index contributed by atoms with van der Waals surface area (Å²) in [6.07, 6.45) is 0. The van der Waals surface area contributed by atoms with Crippen molar-refractivity contribution in [1.29, 1.82) is 0 Å². The van der Waals surface area contributed by atoms with Gasteiger partial charge < -0.3 is 9.30 Å². The number of hydrogen-bond donors (Lipinski definition) is 0. The van der Waals surface area contributed by atoms with Crippen molar-refractivity contribution in [2.24, 2.45) is 0 Å². The number of ketones is 1. The first-order valence-corrected chi connectivity index (χ1v) is 6.18. The van der Waals surface area contributed by atoms with Gasteiger partial charge in [-0.15, -0.1) is 0 Å². The lowest BCUT2D eigenvalue weighted by atomic mass is 10.2. The fraction of sp³-hybridized carbons (Fsp3) is 0.308. The third kappa shape index (κ3) is 2.28. The van der Waals surface area contributed by atoms with E-state index in [9.17, 15) is 4.79 Å². The van der Waals surface area contributed by atoms with Crippen molar-refractivity contribution in [3.8, 4) is 0 Å². The molecule has 2 rings (SSSR count). The van der Waals surface area contributed by atoms with E-state index >= 15 is 0 Å². The maximum absolute atomic E-state index is 11.7. The van der Waals surface area contributed by atoms with Gasteiger partial charge in [0.15, 0.2) is 5.78 Å². The Morgan fingerprint density at radius 3 is 2.82 bits per heavy atom. The van der Waals surface area contributed by atoms with Gasteiger partial charge in [-0.25, -0.2) is 0 Å². The maximum atomic E-state index is 11.7. The zero-order valence-electron chi connectivity index (χ0n) is 9.87. The van der Waals surface area contributed by atoms with E-state index in [1.807, 2.05) is 35.8 Å². The van der Waals surface area contributed by atoms with Crippen molar-refractivity contribution >= 4 is 32.6 Å². The monoisotopic (exact) mass is 295 g/mol. The molecule has 0 unspecified atom stereocenters. The SMILES string of the molecule is COCC(=O)Cn1c(C)c(Br)c2ccccc21. The van der Waals surface area contributed by atoms with Crippen molar-refractivity contribution in [3.63, 3.8) is 0 Å². The Morgan fingerprint density at radius 2 is 2.12 bits per heavy atom. The molecule has 1 heterocycles. The number of carbonyl (C=O) groups excluding carboxylic acids is 1. The summed E-state index contributed by atoms with van der Waals surface area (Å²) in [4.78, 5) is 11.7. The van der Waals surface area contributed by atoms with E-state index in [0.29, 0.717) is 6.54 Å². The summed E-state index contributed by atoms with van der Waals surface area (Å²) in [6.45, 7) is 2.51. The minimum atomic E-state index is 0.0730. The first kappa shape index (κ1) is 12.3. The molecule has 17 heavy (non-hydrogen) atoms. The number of halogens is 1. The zero-order chi connectivity index (χ0) is 12.4. The van der Waals surface area contributed by atoms with Gasteiger partial charge in [-0.2, -0.15) is 0 Å². The van der Waals surface area contributed by atoms with Crippen LogP contribution in [0.1, 0.15) is 5.69 Å². The van der Waals surface area contributed by atoms with Crippen LogP contribution in [-0.2, 0) is 16.1 Å². The Balaban J connectivity index is 2.46. The summed E-state index contributed by atoms with van der Waals surface area (Å²) in [5.74, 6) is 0.0730. The van der Waals surface area contributed by atoms with E-state index in [2.05, 4.69) is 15.9 Å². The molecule has 1 aromatic carbocycles. The standard InChI is InChI=1S/C13H14BrNO2/c1-9-13(14)11-5-3-4-6-12(11)15(9)7-10(16)8-17-2/h3-6H,7-8H2,1-2H3. The highest BCUT2D eigenvalue weighted by molar-refractivity contribution is 9.10. The Hall–Kier alpha value is -1.13. The smallest absolute Gasteiger partial charge is 0.178 e. The summed E-state index contributed by atoms with van der Waals surface area (Å²) in [7, 11) is 1.54. The molecule has 0 N–H and O–H groups in total. The van der Waals surface area contributed by atoms with Gasteiger partial charge >= 0.3 is 0 Å². The zero-order valence-corrected chi connectivity index (χ0v) is 11.5. The van der Waals surface area contributed by atoms with Gasteiger partial charge in [-0.05, 0) is 28.9 Å². The van der Waals surface area contributed by atoms with E-state index in [1.165, 1.54) is 7.11 Å². The normalized spacial score (nSPS) is 11.0. The van der Waals surface area contributed by atoms with Crippen LogP contribution >= 0.6 is 15.9 Å². The number of benzene rings is 1. The van der Waals surface area contributed by atoms with Crippen molar-refractivity contribution < 1.29 is 9.53 Å². The predicted octanol–water partition coefficient (Wildman–Crippen LogP) is 2.93. The Bertz CT molecular complexity index is 560. The molecule has 0 saturated carbocycles. The van der Waals surface area contributed by atoms with E-state index < -0.39 is 0 Å². The first-order valence-electron chi connectivity index (χ1n) is 5.39. The van der Waals surface area contributed by atoms with E-state index in [4.69, 9.17) is 4.74 Å². The number of fused-ring (bicyclic) bond motifs is 1. The van der Waals surface area contributed by atoms with Crippen LogP contribution in [-0.4, -0.2) is 24.1 Å². The minimum Gasteiger partial charge on any atom is -0.377 e. The molecule has 0 aliphatic heterocycles. The fourth-order valence-corrected chi connectivity index (χ4v) is 2.52. The maximum Gasteiger partial charge on any atom is 0.178 e. The summed E-state index contributed by atoms with van der Waals surface area (Å²) in [6, 6.07) is 8.04. The Kier molecular flexibility index (Phi) is 3.64. The number of ether oxygens (including phenoxy) is 1. The number of carbonyl (C=O) groups is 1. The fourth-order valence-electron chi connectivity index (χ4n) is 1.98. The van der Waals surface area contributed by atoms with E-state index in [1.54, 1.807) is 0 Å². The molecule has 0 bridgehead atoms. The molecule has 1 aromatic heterocycles. The molecule has 0 radical (unpaired) electrons. The number of Topliss-reactive ketones (excluding diaryl/α,β-unsaturated/α-hetero) is 1. The topological polar surface area (TPSA) is 31.2 Å². The molecule has 3 nitrogen and oxygen atoms in total.